The smallest absolute Gasteiger partial charge is 0.340 e. The van der Waals surface area contributed by atoms with E-state index in [0.717, 1.165) is 24.2 Å². The maximum Gasteiger partial charge on any atom is 0.340 e. The van der Waals surface area contributed by atoms with E-state index in [-0.39, 0.29) is 31.3 Å². The van der Waals surface area contributed by atoms with Crippen LogP contribution in [0, 0.1) is 0 Å². The van der Waals surface area contributed by atoms with Gasteiger partial charge in [0.25, 0.3) is 5.91 Å². The SMILES string of the molecule is CCOC(=O)C(NC(=O)c1n[nH]c2c1CNCC2)C(=O)OCC.Cl. The van der Waals surface area contributed by atoms with Gasteiger partial charge in [-0.25, -0.2) is 9.59 Å². The number of aromatic nitrogens is 2. The maximum absolute atomic E-state index is 12.4. The Kier molecular flexibility index (Phi) is 7.66. The van der Waals surface area contributed by atoms with Crippen molar-refractivity contribution in [2.24, 2.45) is 0 Å². The number of aromatic amines is 1. The van der Waals surface area contributed by atoms with Crippen LogP contribution in [0.15, 0.2) is 0 Å². The fourth-order valence-electron chi connectivity index (χ4n) is 2.28. The average Bonchev–Trinajstić information content (AvgIpc) is 2.96. The number of nitrogens with one attached hydrogen (secondary N) is 3. The predicted molar refractivity (Wildman–Crippen MR) is 85.8 cm³/mol. The van der Waals surface area contributed by atoms with E-state index in [9.17, 15) is 14.4 Å². The molecule has 2 heterocycles. The van der Waals surface area contributed by atoms with Gasteiger partial charge in [0.05, 0.1) is 13.2 Å². The Labute approximate surface area is 145 Å². The van der Waals surface area contributed by atoms with Crippen LogP contribution in [0.1, 0.15) is 35.6 Å². The van der Waals surface area contributed by atoms with Crippen LogP contribution in [0.25, 0.3) is 0 Å². The molecule has 134 valence electrons. The normalized spacial score (nSPS) is 12.8. The van der Waals surface area contributed by atoms with E-state index >= 15 is 0 Å². The van der Waals surface area contributed by atoms with Crippen LogP contribution in [0.5, 0.6) is 0 Å². The first-order chi connectivity index (χ1) is 11.1. The molecule has 0 bridgehead atoms. The van der Waals surface area contributed by atoms with Crippen molar-refractivity contribution in [3.63, 3.8) is 0 Å². The Hall–Kier alpha value is -2.13. The highest BCUT2D eigenvalue weighted by Gasteiger charge is 2.33. The van der Waals surface area contributed by atoms with Gasteiger partial charge in [0.1, 0.15) is 0 Å². The summed E-state index contributed by atoms with van der Waals surface area (Å²) in [4.78, 5) is 36.1. The second-order valence-electron chi connectivity index (χ2n) is 4.87. The molecule has 1 aliphatic rings. The largest absolute Gasteiger partial charge is 0.464 e. The molecular weight excluding hydrogens is 340 g/mol. The van der Waals surface area contributed by atoms with Crippen LogP contribution in [-0.2, 0) is 32.0 Å². The molecule has 9 nitrogen and oxygen atoms in total. The Morgan fingerprint density at radius 1 is 1.21 bits per heavy atom. The van der Waals surface area contributed by atoms with Gasteiger partial charge >= 0.3 is 11.9 Å². The zero-order valence-corrected chi connectivity index (χ0v) is 14.3. The third-order valence-electron chi connectivity index (χ3n) is 3.34. The number of nitrogens with zero attached hydrogens (tertiary/aromatic N) is 1. The number of amides is 1. The lowest BCUT2D eigenvalue weighted by molar-refractivity contribution is -0.157. The van der Waals surface area contributed by atoms with Crippen LogP contribution in [-0.4, -0.2) is 53.8 Å². The lowest BCUT2D eigenvalue weighted by Gasteiger charge is -2.16. The highest BCUT2D eigenvalue weighted by molar-refractivity contribution is 6.05. The van der Waals surface area contributed by atoms with Crippen molar-refractivity contribution < 1.29 is 23.9 Å². The maximum atomic E-state index is 12.4. The fraction of sp³-hybridized carbons (Fsp3) is 0.571. The molecule has 0 fully saturated rings. The minimum atomic E-state index is -1.51. The van der Waals surface area contributed by atoms with Gasteiger partial charge in [-0.2, -0.15) is 5.10 Å². The summed E-state index contributed by atoms with van der Waals surface area (Å²) in [5.74, 6) is -2.35. The molecule has 0 unspecified atom stereocenters. The van der Waals surface area contributed by atoms with Crippen molar-refractivity contribution in [2.75, 3.05) is 19.8 Å². The molecule has 0 saturated heterocycles. The minimum Gasteiger partial charge on any atom is -0.464 e. The number of H-pyrrole nitrogens is 1. The van der Waals surface area contributed by atoms with Gasteiger partial charge < -0.3 is 20.1 Å². The summed E-state index contributed by atoms with van der Waals surface area (Å²) >= 11 is 0. The van der Waals surface area contributed by atoms with Crippen molar-refractivity contribution >= 4 is 30.3 Å². The zero-order chi connectivity index (χ0) is 16.8. The molecule has 0 saturated carbocycles. The van der Waals surface area contributed by atoms with E-state index in [1.54, 1.807) is 13.8 Å². The number of hydrogen-bond donors (Lipinski definition) is 3. The molecule has 2 rings (SSSR count). The minimum absolute atomic E-state index is 0. The molecule has 0 spiro atoms. The average molecular weight is 361 g/mol. The van der Waals surface area contributed by atoms with Crippen LogP contribution >= 0.6 is 12.4 Å². The first kappa shape index (κ1) is 19.9. The molecule has 0 aromatic carbocycles. The van der Waals surface area contributed by atoms with Crippen LogP contribution in [0.4, 0.5) is 0 Å². The molecule has 24 heavy (non-hydrogen) atoms. The summed E-state index contributed by atoms with van der Waals surface area (Å²) in [6.07, 6.45) is 0.731. The quantitative estimate of drug-likeness (QED) is 0.470. The van der Waals surface area contributed by atoms with Gasteiger partial charge in [-0.05, 0) is 13.8 Å². The number of carbonyl (C=O) groups is 3. The van der Waals surface area contributed by atoms with Crippen molar-refractivity contribution in [1.82, 2.24) is 20.8 Å². The first-order valence-electron chi connectivity index (χ1n) is 7.49. The molecule has 3 N–H and O–H groups in total. The number of hydrogen-bond acceptors (Lipinski definition) is 7. The summed E-state index contributed by atoms with van der Waals surface area (Å²) in [5, 5.41) is 12.3. The summed E-state index contributed by atoms with van der Waals surface area (Å²) in [6.45, 7) is 4.69. The number of halogens is 1. The molecule has 1 aromatic rings. The van der Waals surface area contributed by atoms with Gasteiger partial charge in [-0.1, -0.05) is 0 Å². The van der Waals surface area contributed by atoms with E-state index in [2.05, 4.69) is 20.8 Å². The van der Waals surface area contributed by atoms with Crippen molar-refractivity contribution in [1.29, 1.82) is 0 Å². The summed E-state index contributed by atoms with van der Waals surface area (Å²) in [7, 11) is 0. The third-order valence-corrected chi connectivity index (χ3v) is 3.34. The number of ether oxygens (including phenoxy) is 2. The molecule has 0 atom stereocenters. The standard InChI is InChI=1S/C14H20N4O5.ClH/c1-3-22-13(20)11(14(21)23-4-2)16-12(19)10-8-7-15-6-5-9(8)17-18-10;/h11,15H,3-7H2,1-2H3,(H,16,19)(H,17,18);1H. The number of carbonyl (C=O) groups excluding carboxylic acids is 3. The lowest BCUT2D eigenvalue weighted by atomic mass is 10.1. The molecule has 1 aromatic heterocycles. The van der Waals surface area contributed by atoms with Crippen molar-refractivity contribution in [3.05, 3.63) is 17.0 Å². The topological polar surface area (TPSA) is 122 Å². The van der Waals surface area contributed by atoms with E-state index in [0.29, 0.717) is 6.54 Å². The van der Waals surface area contributed by atoms with Crippen LogP contribution in [0.2, 0.25) is 0 Å². The number of esters is 2. The predicted octanol–water partition coefficient (Wildman–Crippen LogP) is -0.298. The second kappa shape index (κ2) is 9.24. The van der Waals surface area contributed by atoms with Gasteiger partial charge in [0, 0.05) is 30.8 Å². The molecule has 1 amide bonds. The van der Waals surface area contributed by atoms with Gasteiger partial charge in [-0.3, -0.25) is 9.89 Å². The highest BCUT2D eigenvalue weighted by atomic mass is 35.5. The summed E-state index contributed by atoms with van der Waals surface area (Å²) in [6, 6.07) is -1.51. The molecule has 10 heteroatoms. The van der Waals surface area contributed by atoms with E-state index < -0.39 is 23.9 Å². The van der Waals surface area contributed by atoms with Crippen LogP contribution < -0.4 is 10.6 Å². The van der Waals surface area contributed by atoms with Crippen LogP contribution in [0.3, 0.4) is 0 Å². The van der Waals surface area contributed by atoms with E-state index in [4.69, 9.17) is 9.47 Å². The Morgan fingerprint density at radius 2 is 1.83 bits per heavy atom. The number of rotatable bonds is 6. The van der Waals surface area contributed by atoms with E-state index in [1.165, 1.54) is 0 Å². The monoisotopic (exact) mass is 360 g/mol. The van der Waals surface area contributed by atoms with Gasteiger partial charge in [-0.15, -0.1) is 12.4 Å². The second-order valence-corrected chi connectivity index (χ2v) is 4.87. The lowest BCUT2D eigenvalue weighted by Crippen LogP contribution is -2.48. The molecular formula is C14H21ClN4O5. The summed E-state index contributed by atoms with van der Waals surface area (Å²) in [5.41, 5.74) is 1.77. The Balaban J connectivity index is 0.00000288. The number of fused-ring (bicyclic) bond motifs is 1. The van der Waals surface area contributed by atoms with E-state index in [1.807, 2.05) is 0 Å². The first-order valence-corrected chi connectivity index (χ1v) is 7.49. The fourth-order valence-corrected chi connectivity index (χ4v) is 2.28. The van der Waals surface area contributed by atoms with Gasteiger partial charge in [0.15, 0.2) is 5.69 Å². The highest BCUT2D eigenvalue weighted by Crippen LogP contribution is 2.15. The Morgan fingerprint density at radius 3 is 2.42 bits per heavy atom. The molecule has 0 radical (unpaired) electrons. The van der Waals surface area contributed by atoms with Crippen molar-refractivity contribution in [2.45, 2.75) is 32.9 Å². The van der Waals surface area contributed by atoms with Crippen molar-refractivity contribution in [3.8, 4) is 0 Å². The zero-order valence-electron chi connectivity index (χ0n) is 13.5. The molecule has 1 aliphatic heterocycles. The third kappa shape index (κ3) is 4.45. The Bertz CT molecular complexity index is 586. The summed E-state index contributed by atoms with van der Waals surface area (Å²) < 4.78 is 9.61. The molecule has 0 aliphatic carbocycles. The van der Waals surface area contributed by atoms with Gasteiger partial charge in [0.2, 0.25) is 6.04 Å².